The minimum absolute atomic E-state index is 0.0256. The number of rotatable bonds is 1. The van der Waals surface area contributed by atoms with Gasteiger partial charge in [0, 0.05) is 16.5 Å². The molecule has 0 spiro atoms. The van der Waals surface area contributed by atoms with Gasteiger partial charge in [-0.3, -0.25) is 4.79 Å². The standard InChI is InChI=1S/C18H12BrNO2/c19-15-4-5-16-17(10-15)22-7-6-14(18(16)21)9-12-2-1-3-13(8-12)11-20/h1-5,8-10H,6-7H2/b14-9-. The van der Waals surface area contributed by atoms with E-state index in [2.05, 4.69) is 22.0 Å². The number of benzene rings is 2. The Balaban J connectivity index is 2.01. The maximum atomic E-state index is 12.7. The third kappa shape index (κ3) is 2.95. The second-order valence-electron chi connectivity index (χ2n) is 4.97. The van der Waals surface area contributed by atoms with Crippen molar-refractivity contribution in [2.24, 2.45) is 0 Å². The van der Waals surface area contributed by atoms with Crippen molar-refractivity contribution in [3.63, 3.8) is 0 Å². The third-order valence-corrected chi connectivity index (χ3v) is 3.96. The second kappa shape index (κ2) is 6.17. The molecule has 1 heterocycles. The van der Waals surface area contributed by atoms with E-state index in [-0.39, 0.29) is 5.78 Å². The Kier molecular flexibility index (Phi) is 4.08. The van der Waals surface area contributed by atoms with Crippen LogP contribution in [-0.2, 0) is 0 Å². The molecule has 4 heteroatoms. The molecule has 0 unspecified atom stereocenters. The van der Waals surface area contributed by atoms with Crippen molar-refractivity contribution in [3.8, 4) is 11.8 Å². The van der Waals surface area contributed by atoms with Gasteiger partial charge in [0.05, 0.1) is 23.8 Å². The lowest BCUT2D eigenvalue weighted by Crippen LogP contribution is -2.02. The van der Waals surface area contributed by atoms with Crippen LogP contribution in [0.15, 0.2) is 52.5 Å². The molecule has 0 fully saturated rings. The molecule has 0 aliphatic carbocycles. The van der Waals surface area contributed by atoms with E-state index in [0.29, 0.717) is 35.5 Å². The summed E-state index contributed by atoms with van der Waals surface area (Å²) in [5.41, 5.74) is 2.69. The zero-order valence-corrected chi connectivity index (χ0v) is 13.3. The van der Waals surface area contributed by atoms with Crippen LogP contribution >= 0.6 is 15.9 Å². The number of carbonyl (C=O) groups excluding carboxylic acids is 1. The molecule has 3 nitrogen and oxygen atoms in total. The van der Waals surface area contributed by atoms with Gasteiger partial charge in [-0.2, -0.15) is 5.26 Å². The first-order valence-electron chi connectivity index (χ1n) is 6.85. The molecule has 0 amide bonds. The number of fused-ring (bicyclic) bond motifs is 1. The van der Waals surface area contributed by atoms with Gasteiger partial charge in [0.15, 0.2) is 5.78 Å². The molecule has 108 valence electrons. The number of ether oxygens (including phenoxy) is 1. The normalized spacial score (nSPS) is 15.6. The summed E-state index contributed by atoms with van der Waals surface area (Å²) in [5.74, 6) is 0.580. The van der Waals surface area contributed by atoms with Crippen molar-refractivity contribution < 1.29 is 9.53 Å². The maximum absolute atomic E-state index is 12.7. The average molecular weight is 354 g/mol. The molecule has 0 atom stereocenters. The molecule has 1 aliphatic heterocycles. The van der Waals surface area contributed by atoms with Gasteiger partial charge >= 0.3 is 0 Å². The van der Waals surface area contributed by atoms with Crippen molar-refractivity contribution in [1.82, 2.24) is 0 Å². The molecule has 1 aliphatic rings. The van der Waals surface area contributed by atoms with Gasteiger partial charge in [-0.05, 0) is 42.0 Å². The van der Waals surface area contributed by atoms with E-state index in [1.807, 2.05) is 30.3 Å². The highest BCUT2D eigenvalue weighted by atomic mass is 79.9. The van der Waals surface area contributed by atoms with Crippen LogP contribution < -0.4 is 4.74 Å². The summed E-state index contributed by atoms with van der Waals surface area (Å²) >= 11 is 3.38. The van der Waals surface area contributed by atoms with E-state index in [0.717, 1.165) is 10.0 Å². The molecule has 0 radical (unpaired) electrons. The Morgan fingerprint density at radius 1 is 1.23 bits per heavy atom. The maximum Gasteiger partial charge on any atom is 0.192 e. The summed E-state index contributed by atoms with van der Waals surface area (Å²) in [7, 11) is 0. The molecule has 0 aromatic heterocycles. The minimum Gasteiger partial charge on any atom is -0.492 e. The van der Waals surface area contributed by atoms with E-state index in [4.69, 9.17) is 10.00 Å². The van der Waals surface area contributed by atoms with E-state index in [9.17, 15) is 4.79 Å². The molecule has 2 aromatic rings. The van der Waals surface area contributed by atoms with Crippen LogP contribution in [0.2, 0.25) is 0 Å². The van der Waals surface area contributed by atoms with Crippen LogP contribution in [-0.4, -0.2) is 12.4 Å². The zero-order chi connectivity index (χ0) is 15.5. The van der Waals surface area contributed by atoms with Crippen LogP contribution in [0.25, 0.3) is 6.08 Å². The van der Waals surface area contributed by atoms with Gasteiger partial charge in [-0.25, -0.2) is 0 Å². The van der Waals surface area contributed by atoms with Gasteiger partial charge in [0.2, 0.25) is 0 Å². The topological polar surface area (TPSA) is 50.1 Å². The molecule has 0 saturated heterocycles. The van der Waals surface area contributed by atoms with Crippen molar-refractivity contribution >= 4 is 27.8 Å². The SMILES string of the molecule is N#Cc1cccc(/C=C2/CCOc3cc(Br)ccc3C2=O)c1. The van der Waals surface area contributed by atoms with Crippen LogP contribution in [0.1, 0.15) is 27.9 Å². The van der Waals surface area contributed by atoms with E-state index < -0.39 is 0 Å². The van der Waals surface area contributed by atoms with Crippen molar-refractivity contribution in [3.05, 3.63) is 69.2 Å². The van der Waals surface area contributed by atoms with Crippen LogP contribution in [0.3, 0.4) is 0 Å². The number of ketones is 1. The number of nitriles is 1. The highest BCUT2D eigenvalue weighted by Gasteiger charge is 2.21. The van der Waals surface area contributed by atoms with Crippen LogP contribution in [0.4, 0.5) is 0 Å². The molecule has 3 rings (SSSR count). The third-order valence-electron chi connectivity index (χ3n) is 3.47. The molecule has 0 saturated carbocycles. The Hall–Kier alpha value is -2.38. The quantitative estimate of drug-likeness (QED) is 0.715. The highest BCUT2D eigenvalue weighted by molar-refractivity contribution is 9.10. The fourth-order valence-electron chi connectivity index (χ4n) is 2.40. The van der Waals surface area contributed by atoms with Crippen LogP contribution in [0.5, 0.6) is 5.75 Å². The van der Waals surface area contributed by atoms with Gasteiger partial charge in [0.1, 0.15) is 5.75 Å². The number of hydrogen-bond acceptors (Lipinski definition) is 3. The Bertz CT molecular complexity index is 818. The van der Waals surface area contributed by atoms with Crippen molar-refractivity contribution in [2.45, 2.75) is 6.42 Å². The number of halogens is 1. The first kappa shape index (κ1) is 14.6. The molecular formula is C18H12BrNO2. The largest absolute Gasteiger partial charge is 0.492 e. The Labute approximate surface area is 137 Å². The Morgan fingerprint density at radius 3 is 2.91 bits per heavy atom. The highest BCUT2D eigenvalue weighted by Crippen LogP contribution is 2.30. The predicted octanol–water partition coefficient (Wildman–Crippen LogP) is 4.37. The average Bonchev–Trinajstić information content (AvgIpc) is 2.67. The first-order valence-corrected chi connectivity index (χ1v) is 7.64. The van der Waals surface area contributed by atoms with E-state index >= 15 is 0 Å². The van der Waals surface area contributed by atoms with Gasteiger partial charge in [0.25, 0.3) is 0 Å². The first-order chi connectivity index (χ1) is 10.7. The summed E-state index contributed by atoms with van der Waals surface area (Å²) in [6.45, 7) is 0.457. The lowest BCUT2D eigenvalue weighted by atomic mass is 9.98. The monoisotopic (exact) mass is 353 g/mol. The lowest BCUT2D eigenvalue weighted by molar-refractivity contribution is 0.103. The molecule has 2 aromatic carbocycles. The summed E-state index contributed by atoms with van der Waals surface area (Å²) in [4.78, 5) is 12.7. The van der Waals surface area contributed by atoms with Gasteiger partial charge in [-0.1, -0.05) is 28.1 Å². The molecular weight excluding hydrogens is 342 g/mol. The van der Waals surface area contributed by atoms with E-state index in [1.54, 1.807) is 18.2 Å². The fourth-order valence-corrected chi connectivity index (χ4v) is 2.74. The number of nitrogens with zero attached hydrogens (tertiary/aromatic N) is 1. The summed E-state index contributed by atoms with van der Waals surface area (Å²) in [6.07, 6.45) is 2.38. The number of carbonyl (C=O) groups is 1. The number of hydrogen-bond donors (Lipinski definition) is 0. The molecule has 0 N–H and O–H groups in total. The molecule has 22 heavy (non-hydrogen) atoms. The van der Waals surface area contributed by atoms with Gasteiger partial charge < -0.3 is 4.74 Å². The fraction of sp³-hybridized carbons (Fsp3) is 0.111. The summed E-state index contributed by atoms with van der Waals surface area (Å²) in [6, 6.07) is 14.7. The molecule has 0 bridgehead atoms. The minimum atomic E-state index is -0.0256. The second-order valence-corrected chi connectivity index (χ2v) is 5.89. The zero-order valence-electron chi connectivity index (χ0n) is 11.7. The van der Waals surface area contributed by atoms with E-state index in [1.165, 1.54) is 0 Å². The summed E-state index contributed by atoms with van der Waals surface area (Å²) in [5, 5.41) is 8.96. The Morgan fingerprint density at radius 2 is 2.09 bits per heavy atom. The number of Topliss-reactive ketones (excluding diaryl/α,β-unsaturated/α-hetero) is 1. The van der Waals surface area contributed by atoms with Crippen molar-refractivity contribution in [2.75, 3.05) is 6.61 Å². The van der Waals surface area contributed by atoms with Crippen LogP contribution in [0, 0.1) is 11.3 Å². The van der Waals surface area contributed by atoms with Crippen molar-refractivity contribution in [1.29, 1.82) is 5.26 Å². The predicted molar refractivity (Wildman–Crippen MR) is 87.7 cm³/mol. The lowest BCUT2D eigenvalue weighted by Gasteiger charge is -2.05. The van der Waals surface area contributed by atoms with Gasteiger partial charge in [-0.15, -0.1) is 0 Å². The summed E-state index contributed by atoms with van der Waals surface area (Å²) < 4.78 is 6.55. The smallest absolute Gasteiger partial charge is 0.192 e.